The van der Waals surface area contributed by atoms with Gasteiger partial charge in [-0.2, -0.15) is 0 Å². The van der Waals surface area contributed by atoms with Gasteiger partial charge in [0, 0.05) is 24.3 Å². The van der Waals surface area contributed by atoms with Crippen molar-refractivity contribution in [2.75, 3.05) is 18.4 Å². The third-order valence-electron chi connectivity index (χ3n) is 5.31. The molecule has 1 saturated carbocycles. The Kier molecular flexibility index (Phi) is 4.43. The Hall–Kier alpha value is -3.09. The number of aliphatic carboxylic acids is 1. The number of anilines is 1. The zero-order chi connectivity index (χ0) is 19.0. The lowest BCUT2D eigenvalue weighted by Gasteiger charge is -2.17. The van der Waals surface area contributed by atoms with Crippen molar-refractivity contribution in [2.45, 2.75) is 12.8 Å². The normalized spacial score (nSPS) is 21.9. The highest BCUT2D eigenvalue weighted by molar-refractivity contribution is 6.03. The van der Waals surface area contributed by atoms with Crippen LogP contribution in [-0.2, 0) is 4.79 Å². The fraction of sp³-hybridized carbons (Fsp3) is 0.350. The molecule has 0 unspecified atom stereocenters. The van der Waals surface area contributed by atoms with E-state index in [0.29, 0.717) is 23.7 Å². The number of amides is 2. The molecule has 4 rings (SSSR count). The van der Waals surface area contributed by atoms with E-state index in [2.05, 4.69) is 5.32 Å². The summed E-state index contributed by atoms with van der Waals surface area (Å²) in [6.45, 7) is 0.710. The molecule has 0 bridgehead atoms. The third-order valence-corrected chi connectivity index (χ3v) is 5.31. The molecule has 2 amide bonds. The number of rotatable bonds is 5. The van der Waals surface area contributed by atoms with E-state index < -0.39 is 17.8 Å². The minimum Gasteiger partial charge on any atom is -0.481 e. The summed E-state index contributed by atoms with van der Waals surface area (Å²) in [4.78, 5) is 38.1. The first-order valence-corrected chi connectivity index (χ1v) is 9.00. The smallest absolute Gasteiger partial charge is 0.308 e. The number of nitrogens with one attached hydrogen (secondary N) is 1. The Morgan fingerprint density at radius 3 is 2.59 bits per heavy atom. The largest absolute Gasteiger partial charge is 0.481 e. The van der Waals surface area contributed by atoms with Crippen molar-refractivity contribution in [3.63, 3.8) is 0 Å². The topological polar surface area (TPSA) is 99.9 Å². The standard InChI is InChI=1S/C20H20N2O5/c23-18(17-5-2-8-27-17)21-14-4-1-3-13(9-14)19(24)22-10-15(12-6-7-12)16(11-22)20(25)26/h1-5,8-9,12,15-16H,6-7,10-11H2,(H,21,23)(H,25,26)/t15-,16+/m1/s1. The zero-order valence-electron chi connectivity index (χ0n) is 14.6. The second-order valence-electron chi connectivity index (χ2n) is 7.17. The summed E-state index contributed by atoms with van der Waals surface area (Å²) in [7, 11) is 0. The lowest BCUT2D eigenvalue weighted by molar-refractivity contribution is -0.142. The first-order chi connectivity index (χ1) is 13.0. The fourth-order valence-electron chi connectivity index (χ4n) is 3.77. The van der Waals surface area contributed by atoms with Crippen molar-refractivity contribution in [1.29, 1.82) is 0 Å². The predicted octanol–water partition coefficient (Wildman–Crippen LogP) is 2.71. The number of furan rings is 1. The molecule has 2 atom stereocenters. The molecule has 0 spiro atoms. The number of hydrogen-bond donors (Lipinski definition) is 2. The number of carboxylic acid groups (broad SMARTS) is 1. The number of carbonyl (C=O) groups is 3. The van der Waals surface area contributed by atoms with Gasteiger partial charge < -0.3 is 19.7 Å². The van der Waals surface area contributed by atoms with Crippen LogP contribution in [0.1, 0.15) is 33.8 Å². The minimum atomic E-state index is -0.832. The SMILES string of the molecule is O=C(Nc1cccc(C(=O)N2C[C@H](C(=O)O)[C@@H](C3CC3)C2)c1)c1ccco1. The summed E-state index contributed by atoms with van der Waals surface area (Å²) in [5.74, 6) is -1.30. The van der Waals surface area contributed by atoms with Crippen molar-refractivity contribution >= 4 is 23.5 Å². The van der Waals surface area contributed by atoms with Crippen LogP contribution in [0.25, 0.3) is 0 Å². The van der Waals surface area contributed by atoms with E-state index in [-0.39, 0.29) is 24.1 Å². The van der Waals surface area contributed by atoms with E-state index in [0.717, 1.165) is 12.8 Å². The highest BCUT2D eigenvalue weighted by Gasteiger charge is 2.46. The number of benzene rings is 1. The Balaban J connectivity index is 1.47. The van der Waals surface area contributed by atoms with Gasteiger partial charge in [0.25, 0.3) is 11.8 Å². The van der Waals surface area contributed by atoms with Gasteiger partial charge in [-0.05, 0) is 55.0 Å². The maximum absolute atomic E-state index is 12.9. The second-order valence-corrected chi connectivity index (χ2v) is 7.17. The van der Waals surface area contributed by atoms with Gasteiger partial charge >= 0.3 is 5.97 Å². The molecule has 2 fully saturated rings. The maximum atomic E-state index is 12.9. The highest BCUT2D eigenvalue weighted by Crippen LogP contribution is 2.44. The molecule has 1 aromatic heterocycles. The molecule has 2 aromatic rings. The van der Waals surface area contributed by atoms with Gasteiger partial charge in [-0.25, -0.2) is 0 Å². The Morgan fingerprint density at radius 1 is 1.11 bits per heavy atom. The average molecular weight is 368 g/mol. The Morgan fingerprint density at radius 2 is 1.93 bits per heavy atom. The summed E-state index contributed by atoms with van der Waals surface area (Å²) in [6.07, 6.45) is 3.51. The molecule has 1 aliphatic heterocycles. The van der Waals surface area contributed by atoms with Gasteiger partial charge in [-0.15, -0.1) is 0 Å². The molecule has 27 heavy (non-hydrogen) atoms. The van der Waals surface area contributed by atoms with Crippen LogP contribution in [0.5, 0.6) is 0 Å². The molecule has 1 saturated heterocycles. The number of carbonyl (C=O) groups excluding carboxylic acids is 2. The summed E-state index contributed by atoms with van der Waals surface area (Å²) >= 11 is 0. The lowest BCUT2D eigenvalue weighted by Crippen LogP contribution is -2.30. The molecule has 2 heterocycles. The van der Waals surface area contributed by atoms with Crippen LogP contribution in [0.3, 0.4) is 0 Å². The van der Waals surface area contributed by atoms with Crippen LogP contribution in [0.4, 0.5) is 5.69 Å². The van der Waals surface area contributed by atoms with Gasteiger partial charge in [0.2, 0.25) is 0 Å². The summed E-state index contributed by atoms with van der Waals surface area (Å²) in [5, 5.41) is 12.2. The third kappa shape index (κ3) is 3.58. The van der Waals surface area contributed by atoms with E-state index in [1.54, 1.807) is 41.3 Å². The highest BCUT2D eigenvalue weighted by atomic mass is 16.4. The van der Waals surface area contributed by atoms with Crippen molar-refractivity contribution in [3.05, 3.63) is 54.0 Å². The van der Waals surface area contributed by atoms with Crippen LogP contribution in [0, 0.1) is 17.8 Å². The van der Waals surface area contributed by atoms with Gasteiger partial charge in [0.1, 0.15) is 0 Å². The van der Waals surface area contributed by atoms with Crippen LogP contribution in [0.15, 0.2) is 47.1 Å². The lowest BCUT2D eigenvalue weighted by atomic mass is 9.92. The van der Waals surface area contributed by atoms with Crippen LogP contribution < -0.4 is 5.32 Å². The van der Waals surface area contributed by atoms with Crippen molar-refractivity contribution < 1.29 is 23.9 Å². The van der Waals surface area contributed by atoms with E-state index in [4.69, 9.17) is 4.42 Å². The van der Waals surface area contributed by atoms with Crippen LogP contribution >= 0.6 is 0 Å². The van der Waals surface area contributed by atoms with Gasteiger partial charge in [-0.1, -0.05) is 6.07 Å². The number of nitrogens with zero attached hydrogens (tertiary/aromatic N) is 1. The molecule has 1 aromatic carbocycles. The number of carboxylic acids is 1. The average Bonchev–Trinajstić information content (AvgIpc) is 3.18. The van der Waals surface area contributed by atoms with Gasteiger partial charge in [0.05, 0.1) is 12.2 Å². The van der Waals surface area contributed by atoms with Crippen LogP contribution in [-0.4, -0.2) is 40.9 Å². The molecule has 7 heteroatoms. The van der Waals surface area contributed by atoms with Crippen molar-refractivity contribution in [1.82, 2.24) is 4.90 Å². The summed E-state index contributed by atoms with van der Waals surface area (Å²) in [6, 6.07) is 9.83. The first kappa shape index (κ1) is 17.3. The summed E-state index contributed by atoms with van der Waals surface area (Å²) < 4.78 is 5.06. The molecular formula is C20H20N2O5. The van der Waals surface area contributed by atoms with Crippen molar-refractivity contribution in [2.24, 2.45) is 17.8 Å². The molecule has 2 N–H and O–H groups in total. The maximum Gasteiger partial charge on any atom is 0.308 e. The second kappa shape index (κ2) is 6.90. The Bertz CT molecular complexity index is 872. The monoisotopic (exact) mass is 368 g/mol. The molecule has 7 nitrogen and oxygen atoms in total. The van der Waals surface area contributed by atoms with Gasteiger partial charge in [0.15, 0.2) is 5.76 Å². The minimum absolute atomic E-state index is 0.0355. The van der Waals surface area contributed by atoms with E-state index in [9.17, 15) is 19.5 Å². The molecule has 2 aliphatic rings. The van der Waals surface area contributed by atoms with Crippen LogP contribution in [0.2, 0.25) is 0 Å². The fourth-order valence-corrected chi connectivity index (χ4v) is 3.77. The molecular weight excluding hydrogens is 348 g/mol. The van der Waals surface area contributed by atoms with Gasteiger partial charge in [-0.3, -0.25) is 14.4 Å². The quantitative estimate of drug-likeness (QED) is 0.845. The Labute approximate surface area is 156 Å². The first-order valence-electron chi connectivity index (χ1n) is 9.00. The molecule has 1 aliphatic carbocycles. The number of hydrogen-bond acceptors (Lipinski definition) is 4. The van der Waals surface area contributed by atoms with E-state index in [1.807, 2.05) is 0 Å². The van der Waals surface area contributed by atoms with E-state index >= 15 is 0 Å². The summed E-state index contributed by atoms with van der Waals surface area (Å²) in [5.41, 5.74) is 0.905. The number of likely N-dealkylation sites (tertiary alicyclic amines) is 1. The van der Waals surface area contributed by atoms with Crippen molar-refractivity contribution in [3.8, 4) is 0 Å². The molecule has 140 valence electrons. The molecule has 0 radical (unpaired) electrons. The predicted molar refractivity (Wildman–Crippen MR) is 96.3 cm³/mol. The van der Waals surface area contributed by atoms with E-state index in [1.165, 1.54) is 6.26 Å². The zero-order valence-corrected chi connectivity index (χ0v) is 14.6.